The van der Waals surface area contributed by atoms with Crippen molar-refractivity contribution in [1.29, 1.82) is 0 Å². The van der Waals surface area contributed by atoms with E-state index in [-0.39, 0.29) is 11.6 Å². The van der Waals surface area contributed by atoms with Gasteiger partial charge in [-0.25, -0.2) is 13.8 Å². The summed E-state index contributed by atoms with van der Waals surface area (Å²) in [5, 5.41) is 0. The molecule has 5 heteroatoms. The van der Waals surface area contributed by atoms with Crippen molar-refractivity contribution in [1.82, 2.24) is 4.98 Å². The average Bonchev–Trinajstić information content (AvgIpc) is 2.08. The van der Waals surface area contributed by atoms with Crippen molar-refractivity contribution >= 4 is 11.6 Å². The summed E-state index contributed by atoms with van der Waals surface area (Å²) in [5.41, 5.74) is 5.31. The number of nitrogens with zero attached hydrogens (tertiary/aromatic N) is 2. The summed E-state index contributed by atoms with van der Waals surface area (Å²) in [6.07, 6.45) is 3.19. The molecule has 0 atom stereocenters. The topological polar surface area (TPSA) is 42.2 Å². The summed E-state index contributed by atoms with van der Waals surface area (Å²) >= 11 is 0. The molecule has 3 nitrogen and oxygen atoms in total. The van der Waals surface area contributed by atoms with Crippen LogP contribution < -0.4 is 10.6 Å². The third-order valence-corrected chi connectivity index (χ3v) is 2.89. The van der Waals surface area contributed by atoms with Crippen molar-refractivity contribution in [3.05, 3.63) is 17.7 Å². The van der Waals surface area contributed by atoms with E-state index in [0.29, 0.717) is 6.04 Å². The molecule has 1 aromatic heterocycles. The second kappa shape index (κ2) is 3.64. The molecule has 1 saturated carbocycles. The van der Waals surface area contributed by atoms with Crippen molar-refractivity contribution in [3.63, 3.8) is 0 Å². The predicted molar refractivity (Wildman–Crippen MR) is 54.6 cm³/mol. The van der Waals surface area contributed by atoms with Gasteiger partial charge in [-0.2, -0.15) is 0 Å². The molecule has 0 amide bonds. The minimum absolute atomic E-state index is 0.138. The molecule has 1 aliphatic rings. The number of hydrogen-bond acceptors (Lipinski definition) is 3. The highest BCUT2D eigenvalue weighted by Gasteiger charge is 2.25. The van der Waals surface area contributed by atoms with Crippen LogP contribution in [0, 0.1) is 11.6 Å². The van der Waals surface area contributed by atoms with Crippen LogP contribution in [0.2, 0.25) is 0 Å². The molecule has 2 rings (SSSR count). The van der Waals surface area contributed by atoms with Crippen LogP contribution in [0.15, 0.2) is 6.07 Å². The van der Waals surface area contributed by atoms with Gasteiger partial charge in [-0.05, 0) is 19.3 Å². The van der Waals surface area contributed by atoms with Crippen LogP contribution in [0.5, 0.6) is 0 Å². The largest absolute Gasteiger partial charge is 0.381 e. The Bertz CT molecular complexity index is 377. The lowest BCUT2D eigenvalue weighted by atomic mass is 9.92. The Hall–Kier alpha value is -1.39. The minimum atomic E-state index is -0.807. The highest BCUT2D eigenvalue weighted by molar-refractivity contribution is 5.47. The van der Waals surface area contributed by atoms with E-state index in [9.17, 15) is 8.78 Å². The number of aromatic nitrogens is 1. The van der Waals surface area contributed by atoms with E-state index in [0.717, 1.165) is 25.3 Å². The summed E-state index contributed by atoms with van der Waals surface area (Å²) < 4.78 is 26.3. The number of pyridine rings is 1. The fourth-order valence-corrected chi connectivity index (χ4v) is 1.66. The van der Waals surface area contributed by atoms with Crippen LogP contribution in [0.1, 0.15) is 19.3 Å². The maximum atomic E-state index is 13.4. The average molecular weight is 213 g/mol. The predicted octanol–water partition coefficient (Wildman–Crippen LogP) is 1.93. The Kier molecular flexibility index (Phi) is 2.46. The highest BCUT2D eigenvalue weighted by Crippen LogP contribution is 2.29. The smallest absolute Gasteiger partial charge is 0.168 e. The van der Waals surface area contributed by atoms with E-state index in [1.165, 1.54) is 0 Å². The molecule has 82 valence electrons. The van der Waals surface area contributed by atoms with E-state index in [2.05, 4.69) is 4.98 Å². The van der Waals surface area contributed by atoms with Gasteiger partial charge < -0.3 is 10.6 Å². The molecule has 1 fully saturated rings. The van der Waals surface area contributed by atoms with Crippen LogP contribution in [0.3, 0.4) is 0 Å². The lowest BCUT2D eigenvalue weighted by molar-refractivity contribution is 0.395. The first kappa shape index (κ1) is 10.1. The second-order valence-electron chi connectivity index (χ2n) is 3.86. The molecule has 0 bridgehead atoms. The Balaban J connectivity index is 2.30. The Labute approximate surface area is 86.9 Å². The van der Waals surface area contributed by atoms with Gasteiger partial charge in [0.05, 0.1) is 0 Å². The number of hydrogen-bond donors (Lipinski definition) is 1. The molecule has 0 aromatic carbocycles. The molecule has 1 heterocycles. The maximum Gasteiger partial charge on any atom is 0.168 e. The fourth-order valence-electron chi connectivity index (χ4n) is 1.66. The Morgan fingerprint density at radius 1 is 1.40 bits per heavy atom. The van der Waals surface area contributed by atoms with Gasteiger partial charge in [-0.15, -0.1) is 0 Å². The molecule has 0 aliphatic heterocycles. The molecular formula is C10H13F2N3. The minimum Gasteiger partial charge on any atom is -0.381 e. The molecule has 0 saturated heterocycles. The van der Waals surface area contributed by atoms with E-state index in [4.69, 9.17) is 5.73 Å². The Morgan fingerprint density at radius 2 is 2.07 bits per heavy atom. The summed E-state index contributed by atoms with van der Waals surface area (Å²) in [6, 6.07) is 1.09. The van der Waals surface area contributed by atoms with Gasteiger partial charge in [0.2, 0.25) is 0 Å². The van der Waals surface area contributed by atoms with Gasteiger partial charge >= 0.3 is 0 Å². The van der Waals surface area contributed by atoms with E-state index < -0.39 is 11.6 Å². The van der Waals surface area contributed by atoms with Crippen molar-refractivity contribution in [2.75, 3.05) is 17.7 Å². The number of anilines is 2. The number of nitrogen functional groups attached to an aromatic ring is 1. The summed E-state index contributed by atoms with van der Waals surface area (Å²) in [4.78, 5) is 5.46. The van der Waals surface area contributed by atoms with Crippen molar-refractivity contribution in [2.24, 2.45) is 0 Å². The van der Waals surface area contributed by atoms with Crippen molar-refractivity contribution in [2.45, 2.75) is 25.3 Å². The SMILES string of the molecule is CN(c1nc(N)c(F)cc1F)C1CCC1. The van der Waals surface area contributed by atoms with Crippen LogP contribution in [-0.4, -0.2) is 18.1 Å². The summed E-state index contributed by atoms with van der Waals surface area (Å²) in [5.74, 6) is -1.58. The van der Waals surface area contributed by atoms with Crippen LogP contribution in [0.4, 0.5) is 20.4 Å². The number of nitrogens with two attached hydrogens (primary N) is 1. The standard InChI is InChI=1S/C10H13F2N3/c1-15(6-3-2-4-6)10-8(12)5-7(11)9(13)14-10/h5-6H,2-4H2,1H3,(H2,13,14). The first-order chi connectivity index (χ1) is 7.09. The highest BCUT2D eigenvalue weighted by atomic mass is 19.1. The first-order valence-corrected chi connectivity index (χ1v) is 4.94. The molecule has 0 radical (unpaired) electrons. The van der Waals surface area contributed by atoms with Gasteiger partial charge in [0, 0.05) is 19.2 Å². The van der Waals surface area contributed by atoms with Gasteiger partial charge in [-0.3, -0.25) is 0 Å². The molecular weight excluding hydrogens is 200 g/mol. The second-order valence-corrected chi connectivity index (χ2v) is 3.86. The molecule has 2 N–H and O–H groups in total. The van der Waals surface area contributed by atoms with Crippen LogP contribution >= 0.6 is 0 Å². The maximum absolute atomic E-state index is 13.4. The summed E-state index contributed by atoms with van der Waals surface area (Å²) in [7, 11) is 1.76. The number of halogens is 2. The number of rotatable bonds is 2. The normalized spacial score (nSPS) is 16.2. The quantitative estimate of drug-likeness (QED) is 0.816. The molecule has 1 aromatic rings. The van der Waals surface area contributed by atoms with E-state index in [1.807, 2.05) is 0 Å². The van der Waals surface area contributed by atoms with Crippen molar-refractivity contribution in [3.8, 4) is 0 Å². The molecule has 15 heavy (non-hydrogen) atoms. The third kappa shape index (κ3) is 1.73. The van der Waals surface area contributed by atoms with Gasteiger partial charge in [0.1, 0.15) is 0 Å². The lowest BCUT2D eigenvalue weighted by Gasteiger charge is -2.35. The molecule has 0 unspecified atom stereocenters. The first-order valence-electron chi connectivity index (χ1n) is 4.94. The lowest BCUT2D eigenvalue weighted by Crippen LogP contribution is -2.38. The van der Waals surface area contributed by atoms with Crippen LogP contribution in [0.25, 0.3) is 0 Å². The zero-order chi connectivity index (χ0) is 11.0. The third-order valence-electron chi connectivity index (χ3n) is 2.89. The van der Waals surface area contributed by atoms with Crippen molar-refractivity contribution < 1.29 is 8.78 Å². The van der Waals surface area contributed by atoms with Crippen LogP contribution in [-0.2, 0) is 0 Å². The fraction of sp³-hybridized carbons (Fsp3) is 0.500. The summed E-state index contributed by atoms with van der Waals surface area (Å²) in [6.45, 7) is 0. The molecule has 0 spiro atoms. The van der Waals surface area contributed by atoms with E-state index in [1.54, 1.807) is 11.9 Å². The zero-order valence-electron chi connectivity index (χ0n) is 8.50. The van der Waals surface area contributed by atoms with E-state index >= 15 is 0 Å². The van der Waals surface area contributed by atoms with Gasteiger partial charge in [-0.1, -0.05) is 0 Å². The van der Waals surface area contributed by atoms with Gasteiger partial charge in [0.15, 0.2) is 23.3 Å². The Morgan fingerprint density at radius 3 is 2.60 bits per heavy atom. The molecule has 1 aliphatic carbocycles. The van der Waals surface area contributed by atoms with Gasteiger partial charge in [0.25, 0.3) is 0 Å². The zero-order valence-corrected chi connectivity index (χ0v) is 8.50. The monoisotopic (exact) mass is 213 g/mol.